The highest BCUT2D eigenvalue weighted by molar-refractivity contribution is 7.89. The number of fused-ring (bicyclic) bond motifs is 3. The summed E-state index contributed by atoms with van der Waals surface area (Å²) in [5.74, 6) is -0.750. The molecule has 0 unspecified atom stereocenters. The molecule has 0 saturated carbocycles. The van der Waals surface area contributed by atoms with E-state index in [-0.39, 0.29) is 23.3 Å². The minimum Gasteiger partial charge on any atom is -0.466 e. The third-order valence-electron chi connectivity index (χ3n) is 5.40. The van der Waals surface area contributed by atoms with E-state index in [4.69, 9.17) is 4.74 Å². The Labute approximate surface area is 174 Å². The quantitative estimate of drug-likeness (QED) is 0.610. The molecule has 1 aliphatic heterocycles. The second-order valence-electron chi connectivity index (χ2n) is 7.35. The van der Waals surface area contributed by atoms with Crippen LogP contribution in [-0.4, -0.2) is 31.6 Å². The molecule has 0 spiro atoms. The smallest absolute Gasteiger partial charge is 0.310 e. The third-order valence-corrected chi connectivity index (χ3v) is 6.94. The molecule has 6 nitrogen and oxygen atoms in total. The molecule has 8 heteroatoms. The fourth-order valence-electron chi connectivity index (χ4n) is 4.10. The van der Waals surface area contributed by atoms with Crippen LogP contribution in [0.3, 0.4) is 0 Å². The highest BCUT2D eigenvalue weighted by atomic mass is 32.2. The van der Waals surface area contributed by atoms with Crippen molar-refractivity contribution in [2.24, 2.45) is 0 Å². The number of hydrogen-bond acceptors (Lipinski definition) is 4. The molecule has 30 heavy (non-hydrogen) atoms. The molecule has 4 rings (SSSR count). The molecule has 0 aliphatic carbocycles. The second-order valence-corrected chi connectivity index (χ2v) is 9.06. The first-order valence-electron chi connectivity index (χ1n) is 9.91. The monoisotopic (exact) mass is 430 g/mol. The van der Waals surface area contributed by atoms with Gasteiger partial charge in [-0.25, -0.2) is 17.5 Å². The van der Waals surface area contributed by atoms with Crippen molar-refractivity contribution >= 4 is 26.9 Å². The van der Waals surface area contributed by atoms with Gasteiger partial charge in [-0.3, -0.25) is 4.79 Å². The van der Waals surface area contributed by atoms with Gasteiger partial charge in [0.25, 0.3) is 0 Å². The number of nitrogens with one attached hydrogen (secondary N) is 1. The molecular weight excluding hydrogens is 407 g/mol. The molecule has 3 aromatic rings. The van der Waals surface area contributed by atoms with E-state index in [0.717, 1.165) is 34.3 Å². The van der Waals surface area contributed by atoms with Crippen molar-refractivity contribution in [1.82, 2.24) is 9.29 Å². The Hall–Kier alpha value is -2.71. The van der Waals surface area contributed by atoms with Gasteiger partial charge in [0.05, 0.1) is 17.9 Å². The fourth-order valence-corrected chi connectivity index (χ4v) is 5.36. The predicted molar refractivity (Wildman–Crippen MR) is 111 cm³/mol. The maximum Gasteiger partial charge on any atom is 0.310 e. The Bertz CT molecular complexity index is 1190. The van der Waals surface area contributed by atoms with E-state index in [1.807, 2.05) is 24.3 Å². The van der Waals surface area contributed by atoms with Gasteiger partial charge in [-0.2, -0.15) is 0 Å². The van der Waals surface area contributed by atoms with E-state index in [9.17, 15) is 17.6 Å². The van der Waals surface area contributed by atoms with Gasteiger partial charge in [0, 0.05) is 29.2 Å². The van der Waals surface area contributed by atoms with Crippen molar-refractivity contribution in [3.8, 4) is 0 Å². The molecule has 1 N–H and O–H groups in total. The number of para-hydroxylation sites is 1. The van der Waals surface area contributed by atoms with E-state index < -0.39 is 15.8 Å². The normalized spacial score (nSPS) is 16.4. The summed E-state index contributed by atoms with van der Waals surface area (Å²) < 4.78 is 48.5. The van der Waals surface area contributed by atoms with Gasteiger partial charge in [-0.1, -0.05) is 18.2 Å². The molecule has 0 amide bonds. The third kappa shape index (κ3) is 3.97. The molecule has 0 bridgehead atoms. The Morgan fingerprint density at radius 2 is 1.93 bits per heavy atom. The highest BCUT2D eigenvalue weighted by Crippen LogP contribution is 2.31. The summed E-state index contributed by atoms with van der Waals surface area (Å²) in [5, 5.41) is 0.989. The molecule has 1 atom stereocenters. The average molecular weight is 431 g/mol. The first kappa shape index (κ1) is 20.6. The zero-order chi connectivity index (χ0) is 21.3. The molecule has 0 saturated heterocycles. The van der Waals surface area contributed by atoms with E-state index in [1.165, 1.54) is 12.1 Å². The van der Waals surface area contributed by atoms with Gasteiger partial charge in [0.1, 0.15) is 5.82 Å². The van der Waals surface area contributed by atoms with Crippen molar-refractivity contribution in [3.63, 3.8) is 0 Å². The number of halogens is 1. The SMILES string of the molecule is CCOC(=O)Cc1c2n(c3ccccc13)C[C@H](NS(=O)(=O)c1ccc(F)cc1)CC2. The van der Waals surface area contributed by atoms with Crippen molar-refractivity contribution in [1.29, 1.82) is 0 Å². The van der Waals surface area contributed by atoms with Crippen molar-refractivity contribution in [2.75, 3.05) is 6.61 Å². The summed E-state index contributed by atoms with van der Waals surface area (Å²) in [6.07, 6.45) is 1.44. The fraction of sp³-hybridized carbons (Fsp3) is 0.318. The van der Waals surface area contributed by atoms with E-state index in [0.29, 0.717) is 26.0 Å². The minimum absolute atomic E-state index is 0.0371. The number of carbonyl (C=O) groups is 1. The summed E-state index contributed by atoms with van der Waals surface area (Å²) in [6.45, 7) is 2.57. The van der Waals surface area contributed by atoms with E-state index >= 15 is 0 Å². The van der Waals surface area contributed by atoms with Gasteiger partial charge >= 0.3 is 5.97 Å². The molecule has 2 heterocycles. The number of sulfonamides is 1. The highest BCUT2D eigenvalue weighted by Gasteiger charge is 2.28. The lowest BCUT2D eigenvalue weighted by molar-refractivity contribution is -0.142. The van der Waals surface area contributed by atoms with Crippen LogP contribution in [0.1, 0.15) is 24.6 Å². The summed E-state index contributed by atoms with van der Waals surface area (Å²) in [4.78, 5) is 12.2. The molecule has 1 aliphatic rings. The number of esters is 1. The first-order valence-corrected chi connectivity index (χ1v) is 11.4. The molecule has 0 radical (unpaired) electrons. The molecular formula is C22H23FN2O4S. The number of rotatable bonds is 6. The van der Waals surface area contributed by atoms with Crippen LogP contribution in [0, 0.1) is 5.82 Å². The minimum atomic E-state index is -3.76. The summed E-state index contributed by atoms with van der Waals surface area (Å²) in [6, 6.07) is 12.3. The van der Waals surface area contributed by atoms with Gasteiger partial charge < -0.3 is 9.30 Å². The summed E-state index contributed by atoms with van der Waals surface area (Å²) in [7, 11) is -3.76. The first-order chi connectivity index (χ1) is 14.4. The van der Waals surface area contributed by atoms with Gasteiger partial charge in [-0.05, 0) is 55.7 Å². The van der Waals surface area contributed by atoms with Crippen LogP contribution in [0.15, 0.2) is 53.4 Å². The summed E-state index contributed by atoms with van der Waals surface area (Å²) in [5.41, 5.74) is 2.96. The predicted octanol–water partition coefficient (Wildman–Crippen LogP) is 3.18. The number of benzene rings is 2. The Balaban J connectivity index is 1.62. The molecule has 1 aromatic heterocycles. The topological polar surface area (TPSA) is 77.4 Å². The lowest BCUT2D eigenvalue weighted by Crippen LogP contribution is -2.41. The second kappa shape index (κ2) is 8.20. The average Bonchev–Trinajstić information content (AvgIpc) is 3.01. The van der Waals surface area contributed by atoms with Crippen LogP contribution in [0.25, 0.3) is 10.9 Å². The summed E-state index contributed by atoms with van der Waals surface area (Å²) >= 11 is 0. The van der Waals surface area contributed by atoms with Crippen molar-refractivity contribution in [2.45, 2.75) is 43.7 Å². The van der Waals surface area contributed by atoms with Crippen LogP contribution in [0.2, 0.25) is 0 Å². The van der Waals surface area contributed by atoms with Crippen LogP contribution in [-0.2, 0) is 38.9 Å². The largest absolute Gasteiger partial charge is 0.466 e. The lowest BCUT2D eigenvalue weighted by Gasteiger charge is -2.26. The lowest BCUT2D eigenvalue weighted by atomic mass is 10.0. The maximum absolute atomic E-state index is 13.1. The van der Waals surface area contributed by atoms with Gasteiger partial charge in [-0.15, -0.1) is 0 Å². The van der Waals surface area contributed by atoms with Gasteiger partial charge in [0.2, 0.25) is 10.0 Å². The van der Waals surface area contributed by atoms with Crippen molar-refractivity contribution < 1.29 is 22.3 Å². The van der Waals surface area contributed by atoms with Crippen LogP contribution < -0.4 is 4.72 Å². The number of nitrogens with zero attached hydrogens (tertiary/aromatic N) is 1. The Morgan fingerprint density at radius 3 is 2.67 bits per heavy atom. The van der Waals surface area contributed by atoms with Crippen LogP contribution in [0.4, 0.5) is 4.39 Å². The van der Waals surface area contributed by atoms with E-state index in [1.54, 1.807) is 6.92 Å². The number of carbonyl (C=O) groups excluding carboxylic acids is 1. The van der Waals surface area contributed by atoms with Crippen LogP contribution >= 0.6 is 0 Å². The van der Waals surface area contributed by atoms with Gasteiger partial charge in [0.15, 0.2) is 0 Å². The molecule has 158 valence electrons. The van der Waals surface area contributed by atoms with Crippen molar-refractivity contribution in [3.05, 3.63) is 65.6 Å². The Morgan fingerprint density at radius 1 is 1.20 bits per heavy atom. The number of ether oxygens (including phenoxy) is 1. The van der Waals surface area contributed by atoms with Crippen LogP contribution in [0.5, 0.6) is 0 Å². The molecule has 2 aromatic carbocycles. The molecule has 0 fully saturated rings. The standard InChI is InChI=1S/C22H23FN2O4S/c1-2-29-22(26)13-19-18-5-3-4-6-20(18)25-14-16(9-12-21(19)25)24-30(27,28)17-10-7-15(23)8-11-17/h3-8,10-11,16,24H,2,9,12-14H2,1H3/t16-/m1/s1. The van der Waals surface area contributed by atoms with E-state index in [2.05, 4.69) is 9.29 Å². The number of aromatic nitrogens is 1. The zero-order valence-corrected chi connectivity index (χ0v) is 17.4. The Kier molecular flexibility index (Phi) is 5.62. The maximum atomic E-state index is 13.1. The zero-order valence-electron chi connectivity index (χ0n) is 16.6. The number of hydrogen-bond donors (Lipinski definition) is 1.